The summed E-state index contributed by atoms with van der Waals surface area (Å²) in [6.45, 7) is 6.50. The molecule has 1 N–H and O–H groups in total. The van der Waals surface area contributed by atoms with Crippen LogP contribution in [0.4, 0.5) is 13.6 Å². The number of ether oxygens (including phenoxy) is 1. The average molecular weight is 285 g/mol. The van der Waals surface area contributed by atoms with Crippen LogP contribution in [-0.4, -0.2) is 23.5 Å². The molecular formula is C14H17F2NO3. The second-order valence-corrected chi connectivity index (χ2v) is 5.36. The minimum absolute atomic E-state index is 0.0209. The molecule has 6 heteroatoms. The Morgan fingerprint density at radius 3 is 2.30 bits per heavy atom. The summed E-state index contributed by atoms with van der Waals surface area (Å²) in [5.74, 6) is -2.68. The normalized spacial score (nSPS) is 12.7. The Balaban J connectivity index is 2.72. The molecule has 0 spiro atoms. The van der Waals surface area contributed by atoms with Crippen LogP contribution in [0.15, 0.2) is 18.2 Å². The Morgan fingerprint density at radius 1 is 1.20 bits per heavy atom. The fraction of sp³-hybridized carbons (Fsp3) is 0.429. The molecule has 0 aliphatic rings. The van der Waals surface area contributed by atoms with E-state index in [-0.39, 0.29) is 5.56 Å². The molecule has 0 heterocycles. The maximum atomic E-state index is 13.0. The zero-order valence-electron chi connectivity index (χ0n) is 11.8. The van der Waals surface area contributed by atoms with Crippen LogP contribution in [0.5, 0.6) is 0 Å². The quantitative estimate of drug-likeness (QED) is 0.868. The number of benzene rings is 1. The number of Topliss-reactive ketones (excluding diaryl/α,β-unsaturated/α-hetero) is 1. The molecule has 20 heavy (non-hydrogen) atoms. The van der Waals surface area contributed by atoms with Crippen LogP contribution in [0.25, 0.3) is 0 Å². The highest BCUT2D eigenvalue weighted by Crippen LogP contribution is 2.11. The van der Waals surface area contributed by atoms with Crippen molar-refractivity contribution in [3.8, 4) is 0 Å². The van der Waals surface area contributed by atoms with Gasteiger partial charge in [0, 0.05) is 5.56 Å². The van der Waals surface area contributed by atoms with Crippen molar-refractivity contribution in [3.05, 3.63) is 35.4 Å². The number of halogens is 2. The lowest BCUT2D eigenvalue weighted by Gasteiger charge is -2.21. The van der Waals surface area contributed by atoms with Crippen LogP contribution in [0.2, 0.25) is 0 Å². The van der Waals surface area contributed by atoms with Gasteiger partial charge in [-0.3, -0.25) is 4.79 Å². The van der Waals surface area contributed by atoms with Crippen molar-refractivity contribution in [2.45, 2.75) is 39.3 Å². The third-order valence-corrected chi connectivity index (χ3v) is 2.33. The van der Waals surface area contributed by atoms with Crippen molar-refractivity contribution < 1.29 is 23.1 Å². The van der Waals surface area contributed by atoms with Gasteiger partial charge in [-0.15, -0.1) is 0 Å². The predicted molar refractivity (Wildman–Crippen MR) is 69.5 cm³/mol. The Bertz CT molecular complexity index is 524. The molecule has 0 radical (unpaired) electrons. The van der Waals surface area contributed by atoms with Crippen LogP contribution in [0.1, 0.15) is 38.1 Å². The largest absolute Gasteiger partial charge is 0.444 e. The Labute approximate surface area is 116 Å². The molecule has 0 saturated heterocycles. The molecule has 110 valence electrons. The van der Waals surface area contributed by atoms with Gasteiger partial charge in [-0.25, -0.2) is 13.6 Å². The molecule has 0 unspecified atom stereocenters. The highest BCUT2D eigenvalue weighted by Gasteiger charge is 2.22. The van der Waals surface area contributed by atoms with Gasteiger partial charge in [0.15, 0.2) is 17.4 Å². The van der Waals surface area contributed by atoms with Crippen molar-refractivity contribution in [2.24, 2.45) is 0 Å². The van der Waals surface area contributed by atoms with Gasteiger partial charge in [-0.1, -0.05) is 0 Å². The maximum Gasteiger partial charge on any atom is 0.408 e. The van der Waals surface area contributed by atoms with Crippen LogP contribution in [0.3, 0.4) is 0 Å². The molecule has 0 aromatic heterocycles. The predicted octanol–water partition coefficient (Wildman–Crippen LogP) is 3.06. The molecule has 4 nitrogen and oxygen atoms in total. The van der Waals surface area contributed by atoms with E-state index in [1.54, 1.807) is 20.8 Å². The first-order valence-corrected chi connectivity index (χ1v) is 6.09. The summed E-state index contributed by atoms with van der Waals surface area (Å²) in [4.78, 5) is 23.5. The lowest BCUT2D eigenvalue weighted by Crippen LogP contribution is -2.41. The zero-order valence-corrected chi connectivity index (χ0v) is 11.8. The third-order valence-electron chi connectivity index (χ3n) is 2.33. The molecule has 0 fully saturated rings. The summed E-state index contributed by atoms with van der Waals surface area (Å²) >= 11 is 0. The van der Waals surface area contributed by atoms with E-state index in [0.717, 1.165) is 18.2 Å². The lowest BCUT2D eigenvalue weighted by atomic mass is 10.1. The van der Waals surface area contributed by atoms with Crippen molar-refractivity contribution in [1.82, 2.24) is 5.32 Å². The molecule has 1 amide bonds. The molecule has 0 saturated carbocycles. The summed E-state index contributed by atoms with van der Waals surface area (Å²) in [5.41, 5.74) is -0.707. The summed E-state index contributed by atoms with van der Waals surface area (Å²) in [6.07, 6.45) is -0.749. The molecule has 1 rings (SSSR count). The lowest BCUT2D eigenvalue weighted by molar-refractivity contribution is 0.0496. The fourth-order valence-electron chi connectivity index (χ4n) is 1.45. The number of ketones is 1. The Hall–Kier alpha value is -1.98. The first kappa shape index (κ1) is 16.1. The monoisotopic (exact) mass is 285 g/mol. The van der Waals surface area contributed by atoms with Crippen molar-refractivity contribution in [1.29, 1.82) is 0 Å². The molecular weight excluding hydrogens is 268 g/mol. The van der Waals surface area contributed by atoms with Crippen molar-refractivity contribution >= 4 is 11.9 Å². The number of alkyl carbamates (subject to hydrolysis) is 1. The highest BCUT2D eigenvalue weighted by molar-refractivity contribution is 6.01. The zero-order chi connectivity index (χ0) is 15.5. The molecule has 0 aliphatic carbocycles. The first-order chi connectivity index (χ1) is 9.10. The topological polar surface area (TPSA) is 55.4 Å². The van der Waals surface area contributed by atoms with Gasteiger partial charge in [0.05, 0.1) is 6.04 Å². The molecule has 1 aromatic rings. The van der Waals surface area contributed by atoms with Gasteiger partial charge in [-0.05, 0) is 45.9 Å². The number of rotatable bonds is 3. The van der Waals surface area contributed by atoms with E-state index < -0.39 is 35.2 Å². The molecule has 0 bridgehead atoms. The Morgan fingerprint density at radius 2 is 1.80 bits per heavy atom. The third kappa shape index (κ3) is 4.60. The standard InChI is InChI=1S/C14H17F2NO3/c1-8(17-13(19)20-14(2,3)4)12(18)9-5-6-10(15)11(16)7-9/h5-8H,1-4H3,(H,17,19)/t8-/m0/s1. The number of hydrogen-bond acceptors (Lipinski definition) is 3. The second-order valence-electron chi connectivity index (χ2n) is 5.36. The average Bonchev–Trinajstić information content (AvgIpc) is 2.29. The molecule has 1 atom stereocenters. The van der Waals surface area contributed by atoms with Crippen molar-refractivity contribution in [2.75, 3.05) is 0 Å². The summed E-state index contributed by atoms with van der Waals surface area (Å²) in [5, 5.41) is 2.34. The number of hydrogen-bond donors (Lipinski definition) is 1. The van der Waals surface area contributed by atoms with Gasteiger partial charge < -0.3 is 10.1 Å². The fourth-order valence-corrected chi connectivity index (χ4v) is 1.45. The minimum Gasteiger partial charge on any atom is -0.444 e. The first-order valence-electron chi connectivity index (χ1n) is 6.09. The SMILES string of the molecule is C[C@H](NC(=O)OC(C)(C)C)C(=O)c1ccc(F)c(F)c1. The van der Waals surface area contributed by atoms with Crippen LogP contribution in [-0.2, 0) is 4.74 Å². The summed E-state index contributed by atoms with van der Waals surface area (Å²) < 4.78 is 30.8. The van der Waals surface area contributed by atoms with Gasteiger partial charge in [0.2, 0.25) is 0 Å². The van der Waals surface area contributed by atoms with Crippen LogP contribution >= 0.6 is 0 Å². The molecule has 1 aromatic carbocycles. The van der Waals surface area contributed by atoms with E-state index in [0.29, 0.717) is 0 Å². The van der Waals surface area contributed by atoms with E-state index in [4.69, 9.17) is 4.74 Å². The van der Waals surface area contributed by atoms with Gasteiger partial charge in [0.1, 0.15) is 5.60 Å². The van der Waals surface area contributed by atoms with Crippen molar-refractivity contribution in [3.63, 3.8) is 0 Å². The minimum atomic E-state index is -1.11. The number of carbonyl (C=O) groups excluding carboxylic acids is 2. The van der Waals surface area contributed by atoms with E-state index in [1.165, 1.54) is 6.92 Å². The smallest absolute Gasteiger partial charge is 0.408 e. The van der Waals surface area contributed by atoms with E-state index in [2.05, 4.69) is 5.32 Å². The maximum absolute atomic E-state index is 13.0. The Kier molecular flexibility index (Phi) is 4.81. The number of nitrogens with one attached hydrogen (secondary N) is 1. The number of amides is 1. The van der Waals surface area contributed by atoms with Crippen LogP contribution < -0.4 is 5.32 Å². The van der Waals surface area contributed by atoms with E-state index >= 15 is 0 Å². The summed E-state index contributed by atoms with van der Waals surface area (Å²) in [6, 6.07) is 1.91. The van der Waals surface area contributed by atoms with Gasteiger partial charge in [0.25, 0.3) is 0 Å². The highest BCUT2D eigenvalue weighted by atomic mass is 19.2. The molecule has 0 aliphatic heterocycles. The van der Waals surface area contributed by atoms with Gasteiger partial charge >= 0.3 is 6.09 Å². The second kappa shape index (κ2) is 5.98. The van der Waals surface area contributed by atoms with Gasteiger partial charge in [-0.2, -0.15) is 0 Å². The summed E-state index contributed by atoms with van der Waals surface area (Å²) in [7, 11) is 0. The van der Waals surface area contributed by atoms with E-state index in [1.807, 2.05) is 0 Å². The van der Waals surface area contributed by atoms with E-state index in [9.17, 15) is 18.4 Å². The van der Waals surface area contributed by atoms with Crippen LogP contribution in [0, 0.1) is 11.6 Å². The number of carbonyl (C=O) groups is 2.